The van der Waals surface area contributed by atoms with Gasteiger partial charge in [0, 0.05) is 68.6 Å². The van der Waals surface area contributed by atoms with Crippen LogP contribution in [-0.2, 0) is 21.7 Å². The van der Waals surface area contributed by atoms with E-state index in [0.717, 1.165) is 6.42 Å². The van der Waals surface area contributed by atoms with E-state index in [0.29, 0.717) is 0 Å². The van der Waals surface area contributed by atoms with Gasteiger partial charge in [-0.1, -0.05) is 190 Å². The predicted molar refractivity (Wildman–Crippen MR) is 348 cm³/mol. The average Bonchev–Trinajstić information content (AvgIpc) is 3.61. The lowest BCUT2D eigenvalue weighted by Gasteiger charge is -2.47. The van der Waals surface area contributed by atoms with Crippen molar-refractivity contribution in [3.63, 3.8) is 0 Å². The van der Waals surface area contributed by atoms with Gasteiger partial charge in [-0.15, -0.1) is 22.7 Å². The average molecular weight is 1070 g/mol. The number of hydrogen-bond donors (Lipinski definition) is 0. The molecule has 0 fully saturated rings. The third-order valence-corrected chi connectivity index (χ3v) is 21.5. The lowest BCUT2D eigenvalue weighted by molar-refractivity contribution is 0.332. The fraction of sp³-hybridized carbons (Fsp3) is 0.200. The first-order valence-corrected chi connectivity index (χ1v) is 30.4. The van der Waals surface area contributed by atoms with Gasteiger partial charge in [0.05, 0.1) is 11.4 Å². The molecule has 0 bridgehead atoms. The van der Waals surface area contributed by atoms with Crippen LogP contribution in [0.15, 0.2) is 194 Å². The van der Waals surface area contributed by atoms with Gasteiger partial charge in [-0.3, -0.25) is 0 Å². The molecule has 2 aromatic heterocycles. The van der Waals surface area contributed by atoms with Crippen molar-refractivity contribution in [2.75, 3.05) is 9.71 Å². The van der Waals surface area contributed by atoms with E-state index in [1.165, 1.54) is 158 Å². The summed E-state index contributed by atoms with van der Waals surface area (Å²) < 4.78 is 5.39. The molecule has 2 nitrogen and oxygen atoms in total. The van der Waals surface area contributed by atoms with Crippen LogP contribution < -0.4 is 20.0 Å². The van der Waals surface area contributed by atoms with E-state index in [-0.39, 0.29) is 28.5 Å². The van der Waals surface area contributed by atoms with Gasteiger partial charge in [0.2, 0.25) is 0 Å². The molecule has 0 atom stereocenters. The summed E-state index contributed by atoms with van der Waals surface area (Å²) in [5, 5.41) is 6.55. The predicted octanol–water partition coefficient (Wildman–Crippen LogP) is 20.4. The minimum Gasteiger partial charge on any atom is -0.376 e. The minimum absolute atomic E-state index is 0.0171. The topological polar surface area (TPSA) is 6.48 Å². The Balaban J connectivity index is 1.10. The number of rotatable bonds is 4. The first-order chi connectivity index (χ1) is 38.5. The van der Waals surface area contributed by atoms with Crippen LogP contribution in [-0.4, -0.2) is 6.85 Å². The molecule has 0 saturated carbocycles. The van der Waals surface area contributed by atoms with E-state index in [1.54, 1.807) is 0 Å². The molecule has 0 saturated heterocycles. The van der Waals surface area contributed by atoms with Gasteiger partial charge in [-0.2, -0.15) is 0 Å². The number of anilines is 5. The van der Waals surface area contributed by atoms with Crippen molar-refractivity contribution in [1.29, 1.82) is 0 Å². The van der Waals surface area contributed by atoms with Crippen molar-refractivity contribution in [3.8, 4) is 44.5 Å². The van der Waals surface area contributed by atoms with Crippen LogP contribution >= 0.6 is 22.7 Å². The van der Waals surface area contributed by atoms with E-state index in [1.807, 2.05) is 22.7 Å². The fourth-order valence-corrected chi connectivity index (χ4v) is 17.3. The minimum atomic E-state index is -0.328. The maximum absolute atomic E-state index is 2.82. The molecule has 80 heavy (non-hydrogen) atoms. The summed E-state index contributed by atoms with van der Waals surface area (Å²) in [6, 6.07) is 75.3. The molecule has 0 amide bonds. The Morgan fingerprint density at radius 3 is 1.77 bits per heavy atom. The van der Waals surface area contributed by atoms with Gasteiger partial charge in [-0.25, -0.2) is 0 Å². The van der Waals surface area contributed by atoms with Gasteiger partial charge in [-0.05, 0) is 173 Å². The fourth-order valence-electron chi connectivity index (χ4n) is 14.8. The van der Waals surface area contributed by atoms with Crippen molar-refractivity contribution in [3.05, 3.63) is 222 Å². The van der Waals surface area contributed by atoms with Crippen LogP contribution in [0.4, 0.5) is 28.4 Å². The first kappa shape index (κ1) is 48.2. The molecule has 5 heteroatoms. The zero-order chi connectivity index (χ0) is 54.4. The molecule has 16 rings (SSSR count). The van der Waals surface area contributed by atoms with E-state index in [9.17, 15) is 0 Å². The van der Waals surface area contributed by atoms with Crippen LogP contribution in [0.3, 0.4) is 0 Å². The third-order valence-electron chi connectivity index (χ3n) is 19.2. The summed E-state index contributed by atoms with van der Waals surface area (Å²) in [5.74, 6) is 0. The van der Waals surface area contributed by atoms with Crippen molar-refractivity contribution >= 4 is 109 Å². The number of thiophene rings is 2. The molecule has 2 aliphatic carbocycles. The highest BCUT2D eigenvalue weighted by molar-refractivity contribution is 7.32. The van der Waals surface area contributed by atoms with Crippen LogP contribution in [0.2, 0.25) is 0 Å². The Kier molecular flexibility index (Phi) is 10.1. The molecular formula is C75H63BN2S2. The van der Waals surface area contributed by atoms with Crippen molar-refractivity contribution < 1.29 is 0 Å². The van der Waals surface area contributed by atoms with Gasteiger partial charge >= 0.3 is 6.85 Å². The van der Waals surface area contributed by atoms with Crippen LogP contribution in [0.5, 0.6) is 0 Å². The number of fused-ring (bicyclic) bond motifs is 15. The zero-order valence-corrected chi connectivity index (χ0v) is 48.8. The zero-order valence-electron chi connectivity index (χ0n) is 47.2. The normalized spacial score (nSPS) is 16.2. The summed E-state index contributed by atoms with van der Waals surface area (Å²) in [7, 11) is 0. The van der Waals surface area contributed by atoms with E-state index < -0.39 is 0 Å². The van der Waals surface area contributed by atoms with Crippen LogP contribution in [0.25, 0.3) is 85.5 Å². The molecule has 4 heterocycles. The van der Waals surface area contributed by atoms with Gasteiger partial charge in [0.15, 0.2) is 0 Å². The standard InChI is InChI=1S/C75H63BN2S2/c1-72(2,3)49-30-33-62(52(38-49)46-22-14-11-15-23-46)77-69-58-40-60-61(74(6,7)35-34-73(60,4)5)43-66(58)80-71(69)76-68-57(39-56-51-26-18-19-27-59(51)75(8,9)67(56)70(68)77)53-42-65-55(54-36-47-24-16-17-25-48(47)37-64(54)79-65)41-63(53)78(76)50-31-28-45(29-32-50)44-20-12-10-13-21-44/h10-33,36-43H,34-35H2,1-9H3. The largest absolute Gasteiger partial charge is 0.376 e. The van der Waals surface area contributed by atoms with Crippen molar-refractivity contribution in [1.82, 2.24) is 0 Å². The quantitative estimate of drug-likeness (QED) is 0.162. The SMILES string of the molecule is CC(C)(C)c1ccc(N2c3c4c(cc5c3C(C)(C)c3ccccc3-5)-c3cc5sc6cc7ccccc7cc6c5cc3N(c3ccc(-c5ccccc5)cc3)B4c3sc4cc5c(cc4c32)C(C)(C)CCC5(C)C)c(-c2ccccc2)c1. The Hall–Kier alpha value is -7.70. The summed E-state index contributed by atoms with van der Waals surface area (Å²) in [6.07, 6.45) is 2.32. The summed E-state index contributed by atoms with van der Waals surface area (Å²) >= 11 is 3.98. The lowest BCUT2D eigenvalue weighted by Crippen LogP contribution is -2.61. The smallest absolute Gasteiger partial charge is 0.343 e. The molecule has 10 aromatic carbocycles. The van der Waals surface area contributed by atoms with Gasteiger partial charge in [0.25, 0.3) is 0 Å². The molecule has 0 N–H and O–H groups in total. The second kappa shape index (κ2) is 16.7. The van der Waals surface area contributed by atoms with Gasteiger partial charge < -0.3 is 9.71 Å². The Labute approximate surface area is 479 Å². The molecule has 0 unspecified atom stereocenters. The summed E-state index contributed by atoms with van der Waals surface area (Å²) in [5.41, 5.74) is 24.7. The highest BCUT2D eigenvalue weighted by Crippen LogP contribution is 2.61. The Morgan fingerprint density at radius 1 is 0.438 bits per heavy atom. The molecule has 12 aromatic rings. The lowest BCUT2D eigenvalue weighted by atomic mass is 9.46. The third kappa shape index (κ3) is 6.83. The summed E-state index contributed by atoms with van der Waals surface area (Å²) in [4.78, 5) is 5.60. The number of benzene rings is 10. The maximum atomic E-state index is 2.82. The molecule has 4 aliphatic rings. The maximum Gasteiger partial charge on any atom is 0.343 e. The monoisotopic (exact) mass is 1070 g/mol. The van der Waals surface area contributed by atoms with E-state index >= 15 is 0 Å². The second-order valence-electron chi connectivity index (χ2n) is 26.3. The van der Waals surface area contributed by atoms with Gasteiger partial charge in [0.1, 0.15) is 0 Å². The molecule has 388 valence electrons. The van der Waals surface area contributed by atoms with Crippen LogP contribution in [0, 0.1) is 0 Å². The molecule has 0 radical (unpaired) electrons. The molecule has 0 spiro atoms. The first-order valence-electron chi connectivity index (χ1n) is 28.8. The molecular weight excluding hydrogens is 1000 g/mol. The van der Waals surface area contributed by atoms with Crippen molar-refractivity contribution in [2.24, 2.45) is 0 Å². The van der Waals surface area contributed by atoms with E-state index in [2.05, 4.69) is 266 Å². The highest BCUT2D eigenvalue weighted by Gasteiger charge is 2.52. The summed E-state index contributed by atoms with van der Waals surface area (Å²) in [6.45, 7) is 21.9. The number of hydrogen-bond acceptors (Lipinski definition) is 4. The highest BCUT2D eigenvalue weighted by atomic mass is 32.1. The number of nitrogens with zero attached hydrogens (tertiary/aromatic N) is 2. The van der Waals surface area contributed by atoms with Crippen molar-refractivity contribution in [2.45, 2.75) is 96.8 Å². The Morgan fingerprint density at radius 2 is 1.05 bits per heavy atom. The Bertz CT molecular complexity index is 4610. The second-order valence-corrected chi connectivity index (χ2v) is 28.5. The van der Waals surface area contributed by atoms with E-state index in [4.69, 9.17) is 0 Å². The van der Waals surface area contributed by atoms with Crippen LogP contribution in [0.1, 0.15) is 103 Å². The molecule has 2 aliphatic heterocycles.